The molecule has 68 valence electrons. The predicted octanol–water partition coefficient (Wildman–Crippen LogP) is -0.749. The van der Waals surface area contributed by atoms with Crippen molar-refractivity contribution in [1.29, 1.82) is 0 Å². The van der Waals surface area contributed by atoms with Crippen LogP contribution in [0.3, 0.4) is 0 Å². The number of rotatable bonds is 2. The zero-order valence-corrected chi connectivity index (χ0v) is 7.56. The summed E-state index contributed by atoms with van der Waals surface area (Å²) in [7, 11) is -3.38. The Morgan fingerprint density at radius 3 is 2.67 bits per heavy atom. The first-order chi connectivity index (χ1) is 5.42. The van der Waals surface area contributed by atoms with Crippen LogP contribution in [0.2, 0.25) is 0 Å². The molecule has 0 bridgehead atoms. The van der Waals surface area contributed by atoms with E-state index < -0.39 is 21.7 Å². The van der Waals surface area contributed by atoms with E-state index in [4.69, 9.17) is 11.6 Å². The van der Waals surface area contributed by atoms with Crippen molar-refractivity contribution in [2.75, 3.05) is 5.75 Å². The van der Waals surface area contributed by atoms with E-state index in [0.29, 0.717) is 0 Å². The van der Waals surface area contributed by atoms with Crippen molar-refractivity contribution in [3.63, 3.8) is 0 Å². The summed E-state index contributed by atoms with van der Waals surface area (Å²) in [5.74, 6) is -2.02. The molecule has 12 heavy (non-hydrogen) atoms. The third-order valence-electron chi connectivity index (χ3n) is 1.53. The molecule has 0 unspecified atom stereocenters. The van der Waals surface area contributed by atoms with E-state index >= 15 is 0 Å². The smallest absolute Gasteiger partial charge is 0.189 e. The van der Waals surface area contributed by atoms with Gasteiger partial charge >= 0.3 is 0 Å². The van der Waals surface area contributed by atoms with E-state index in [9.17, 15) is 18.3 Å². The number of sulfone groups is 1. The molecule has 4 nitrogen and oxygen atoms in total. The number of halogens is 1. The topological polar surface area (TPSA) is 74.3 Å². The third-order valence-corrected chi connectivity index (χ3v) is 3.95. The van der Waals surface area contributed by atoms with E-state index in [1.54, 1.807) is 0 Å². The van der Waals surface area contributed by atoms with E-state index in [1.807, 2.05) is 0 Å². The van der Waals surface area contributed by atoms with E-state index in [-0.39, 0.29) is 16.5 Å². The normalized spacial score (nSPS) is 26.8. The standard InChI is InChI=1S/C6H7ClO4S/c7-5-1-4(2-6(8)9)3-12(5,10)11/h1,4H,2-3H2,(H,8,9)/p-1/t4-/m1/s1. The van der Waals surface area contributed by atoms with Crippen LogP contribution < -0.4 is 5.11 Å². The summed E-state index contributed by atoms with van der Waals surface area (Å²) in [4.78, 5) is 10.1. The quantitative estimate of drug-likeness (QED) is 0.600. The molecule has 0 aromatic heterocycles. The van der Waals surface area contributed by atoms with Crippen LogP contribution in [-0.2, 0) is 14.6 Å². The molecule has 0 spiro atoms. The molecule has 1 aliphatic rings. The van der Waals surface area contributed by atoms with Crippen molar-refractivity contribution in [3.05, 3.63) is 10.4 Å². The summed E-state index contributed by atoms with van der Waals surface area (Å²) < 4.78 is 21.6. The van der Waals surface area contributed by atoms with Crippen LogP contribution in [0.1, 0.15) is 6.42 Å². The molecule has 1 aliphatic heterocycles. The second-order valence-electron chi connectivity index (χ2n) is 2.59. The lowest BCUT2D eigenvalue weighted by Crippen LogP contribution is -2.25. The summed E-state index contributed by atoms with van der Waals surface area (Å²) in [6.07, 6.45) is 0.947. The Balaban J connectivity index is 2.74. The van der Waals surface area contributed by atoms with Crippen LogP contribution in [0.25, 0.3) is 0 Å². The number of hydrogen-bond acceptors (Lipinski definition) is 4. The molecule has 1 heterocycles. The molecule has 0 fully saturated rings. The van der Waals surface area contributed by atoms with Gasteiger partial charge < -0.3 is 9.90 Å². The Kier molecular flexibility index (Phi) is 2.44. The first kappa shape index (κ1) is 9.54. The van der Waals surface area contributed by atoms with Gasteiger partial charge in [-0.15, -0.1) is 0 Å². The van der Waals surface area contributed by atoms with Gasteiger partial charge in [0.2, 0.25) is 0 Å². The van der Waals surface area contributed by atoms with Gasteiger partial charge in [-0.2, -0.15) is 0 Å². The lowest BCUT2D eigenvalue weighted by atomic mass is 10.1. The maximum absolute atomic E-state index is 10.9. The number of hydrogen-bond donors (Lipinski definition) is 0. The number of allylic oxidation sites excluding steroid dienone is 1. The molecular formula is C6H6ClO4S-. The molecule has 0 aromatic carbocycles. The van der Waals surface area contributed by atoms with Gasteiger partial charge in [0.1, 0.15) is 4.36 Å². The Hall–Kier alpha value is -0.550. The van der Waals surface area contributed by atoms with Gasteiger partial charge in [-0.05, 0) is 18.4 Å². The maximum Gasteiger partial charge on any atom is 0.189 e. The molecule has 0 saturated carbocycles. The van der Waals surface area contributed by atoms with E-state index in [1.165, 1.54) is 6.08 Å². The minimum Gasteiger partial charge on any atom is -0.550 e. The molecule has 0 amide bonds. The number of carbonyl (C=O) groups is 1. The van der Waals surface area contributed by atoms with Gasteiger partial charge in [0, 0.05) is 5.97 Å². The van der Waals surface area contributed by atoms with Gasteiger partial charge in [-0.3, -0.25) is 0 Å². The van der Waals surface area contributed by atoms with Crippen LogP contribution in [0, 0.1) is 5.92 Å². The number of carboxylic acid groups (broad SMARTS) is 1. The van der Waals surface area contributed by atoms with Gasteiger partial charge in [0.05, 0.1) is 5.75 Å². The zero-order chi connectivity index (χ0) is 9.35. The Morgan fingerprint density at radius 1 is 1.75 bits per heavy atom. The zero-order valence-electron chi connectivity index (χ0n) is 5.99. The minimum atomic E-state index is -3.38. The highest BCUT2D eigenvalue weighted by Crippen LogP contribution is 2.27. The van der Waals surface area contributed by atoms with Crippen LogP contribution in [-0.4, -0.2) is 20.1 Å². The van der Waals surface area contributed by atoms with Crippen LogP contribution in [0.5, 0.6) is 0 Å². The molecule has 0 saturated heterocycles. The summed E-state index contributed by atoms with van der Waals surface area (Å²) in [5, 5.41) is 10.1. The highest BCUT2D eigenvalue weighted by Gasteiger charge is 2.28. The maximum atomic E-state index is 10.9. The second kappa shape index (κ2) is 3.06. The van der Waals surface area contributed by atoms with Crippen LogP contribution >= 0.6 is 11.6 Å². The molecule has 6 heteroatoms. The van der Waals surface area contributed by atoms with Gasteiger partial charge in [-0.1, -0.05) is 11.6 Å². The summed E-state index contributed by atoms with van der Waals surface area (Å²) in [6, 6.07) is 0. The molecule has 1 rings (SSSR count). The Labute approximate surface area is 74.8 Å². The van der Waals surface area contributed by atoms with Crippen molar-refractivity contribution in [2.45, 2.75) is 6.42 Å². The summed E-state index contributed by atoms with van der Waals surface area (Å²) >= 11 is 5.34. The van der Waals surface area contributed by atoms with Crippen LogP contribution in [0.15, 0.2) is 10.4 Å². The average Bonchev–Trinajstić information content (AvgIpc) is 2.04. The molecule has 0 N–H and O–H groups in total. The number of aliphatic carboxylic acids is 1. The molecule has 0 radical (unpaired) electrons. The largest absolute Gasteiger partial charge is 0.550 e. The van der Waals surface area contributed by atoms with Crippen molar-refractivity contribution in [2.24, 2.45) is 5.92 Å². The number of carbonyl (C=O) groups excluding carboxylic acids is 1. The first-order valence-electron chi connectivity index (χ1n) is 3.22. The minimum absolute atomic E-state index is 0.222. The number of carboxylic acids is 1. The average molecular weight is 210 g/mol. The van der Waals surface area contributed by atoms with Crippen LogP contribution in [0.4, 0.5) is 0 Å². The van der Waals surface area contributed by atoms with Crippen molar-refractivity contribution in [3.8, 4) is 0 Å². The van der Waals surface area contributed by atoms with Crippen molar-refractivity contribution < 1.29 is 18.3 Å². The molecule has 0 aromatic rings. The fourth-order valence-electron chi connectivity index (χ4n) is 1.03. The highest BCUT2D eigenvalue weighted by molar-refractivity contribution is 7.97. The molecule has 1 atom stereocenters. The van der Waals surface area contributed by atoms with Gasteiger partial charge in [-0.25, -0.2) is 8.42 Å². The van der Waals surface area contributed by atoms with Gasteiger partial charge in [0.25, 0.3) is 0 Å². The first-order valence-corrected chi connectivity index (χ1v) is 5.25. The van der Waals surface area contributed by atoms with Crippen molar-refractivity contribution >= 4 is 27.4 Å². The summed E-state index contributed by atoms with van der Waals surface area (Å²) in [5.41, 5.74) is 0. The SMILES string of the molecule is O=C([O-])C[C@H]1C=C(Cl)S(=O)(=O)C1. The molecule has 0 aliphatic carbocycles. The lowest BCUT2D eigenvalue weighted by Gasteiger charge is -2.05. The third kappa shape index (κ3) is 1.98. The highest BCUT2D eigenvalue weighted by atomic mass is 35.5. The van der Waals surface area contributed by atoms with E-state index in [0.717, 1.165) is 0 Å². The van der Waals surface area contributed by atoms with E-state index in [2.05, 4.69) is 0 Å². The van der Waals surface area contributed by atoms with Crippen molar-refractivity contribution in [1.82, 2.24) is 0 Å². The Bertz CT molecular complexity index is 329. The molecular weight excluding hydrogens is 204 g/mol. The lowest BCUT2D eigenvalue weighted by molar-refractivity contribution is -0.306. The Morgan fingerprint density at radius 2 is 2.33 bits per heavy atom. The van der Waals surface area contributed by atoms with Gasteiger partial charge in [0.15, 0.2) is 9.84 Å². The summed E-state index contributed by atoms with van der Waals surface area (Å²) in [6.45, 7) is 0. The second-order valence-corrected chi connectivity index (χ2v) is 5.22. The fraction of sp³-hybridized carbons (Fsp3) is 0.500. The predicted molar refractivity (Wildman–Crippen MR) is 40.8 cm³/mol. The fourth-order valence-corrected chi connectivity index (χ4v) is 2.73. The monoisotopic (exact) mass is 209 g/mol.